The summed E-state index contributed by atoms with van der Waals surface area (Å²) < 4.78 is 5.86. The molecule has 0 unspecified atom stereocenters. The molecule has 0 fully saturated rings. The van der Waals surface area contributed by atoms with Gasteiger partial charge in [0.2, 0.25) is 0 Å². The molecular formula is C12H12BrN3O2. The van der Waals surface area contributed by atoms with Crippen LogP contribution in [0.4, 0.5) is 11.4 Å². The first-order chi connectivity index (χ1) is 8.60. The lowest BCUT2D eigenvalue weighted by molar-refractivity contribution is 0.102. The van der Waals surface area contributed by atoms with Crippen LogP contribution in [0.25, 0.3) is 0 Å². The average molecular weight is 310 g/mol. The van der Waals surface area contributed by atoms with Crippen molar-refractivity contribution in [1.82, 2.24) is 4.98 Å². The number of aromatic amines is 1. The third-order valence-electron chi connectivity index (χ3n) is 2.38. The summed E-state index contributed by atoms with van der Waals surface area (Å²) in [5.74, 6) is 0.348. The smallest absolute Gasteiger partial charge is 0.272 e. The SMILES string of the molecule is COc1ccc(NC(=O)c2cc(Br)c[nH]2)cc1N. The average Bonchev–Trinajstić information content (AvgIpc) is 2.76. The molecule has 6 heteroatoms. The summed E-state index contributed by atoms with van der Waals surface area (Å²) >= 11 is 3.27. The molecule has 4 N–H and O–H groups in total. The molecule has 1 aromatic carbocycles. The molecule has 0 aliphatic heterocycles. The topological polar surface area (TPSA) is 80.1 Å². The van der Waals surface area contributed by atoms with Gasteiger partial charge < -0.3 is 20.8 Å². The molecule has 2 rings (SSSR count). The minimum Gasteiger partial charge on any atom is -0.495 e. The number of carbonyl (C=O) groups excluding carboxylic acids is 1. The highest BCUT2D eigenvalue weighted by Gasteiger charge is 2.09. The molecule has 1 aromatic heterocycles. The first-order valence-electron chi connectivity index (χ1n) is 5.19. The highest BCUT2D eigenvalue weighted by Crippen LogP contribution is 2.24. The van der Waals surface area contributed by atoms with Crippen molar-refractivity contribution in [1.29, 1.82) is 0 Å². The van der Waals surface area contributed by atoms with Gasteiger partial charge in [-0.2, -0.15) is 0 Å². The normalized spacial score (nSPS) is 10.1. The highest BCUT2D eigenvalue weighted by molar-refractivity contribution is 9.10. The molecule has 1 heterocycles. The fraction of sp³-hybridized carbons (Fsp3) is 0.0833. The molecule has 0 radical (unpaired) electrons. The number of carbonyl (C=O) groups is 1. The molecule has 18 heavy (non-hydrogen) atoms. The van der Waals surface area contributed by atoms with Gasteiger partial charge in [-0.05, 0) is 40.2 Å². The lowest BCUT2D eigenvalue weighted by Gasteiger charge is -2.08. The van der Waals surface area contributed by atoms with Gasteiger partial charge in [-0.3, -0.25) is 4.79 Å². The number of amides is 1. The van der Waals surface area contributed by atoms with Crippen LogP contribution in [-0.4, -0.2) is 18.0 Å². The molecule has 0 aliphatic carbocycles. The van der Waals surface area contributed by atoms with Crippen molar-refractivity contribution in [3.8, 4) is 5.75 Å². The van der Waals surface area contributed by atoms with Crippen molar-refractivity contribution < 1.29 is 9.53 Å². The zero-order valence-electron chi connectivity index (χ0n) is 9.66. The Morgan fingerprint density at radius 1 is 1.44 bits per heavy atom. The predicted octanol–water partition coefficient (Wildman–Crippen LogP) is 2.62. The minimum absolute atomic E-state index is 0.231. The van der Waals surface area contributed by atoms with Gasteiger partial charge in [0.15, 0.2) is 0 Å². The zero-order valence-corrected chi connectivity index (χ0v) is 11.2. The number of hydrogen-bond donors (Lipinski definition) is 3. The number of halogens is 1. The van der Waals surface area contributed by atoms with Gasteiger partial charge in [-0.25, -0.2) is 0 Å². The van der Waals surface area contributed by atoms with Gasteiger partial charge >= 0.3 is 0 Å². The van der Waals surface area contributed by atoms with E-state index in [0.29, 0.717) is 22.8 Å². The maximum absolute atomic E-state index is 11.9. The molecule has 2 aromatic rings. The summed E-state index contributed by atoms with van der Waals surface area (Å²) in [5.41, 5.74) is 7.32. The second kappa shape index (κ2) is 5.14. The standard InChI is InChI=1S/C12H12BrN3O2/c1-18-11-3-2-8(5-9(11)14)16-12(17)10-4-7(13)6-15-10/h2-6,15H,14H2,1H3,(H,16,17). The summed E-state index contributed by atoms with van der Waals surface area (Å²) in [5, 5.41) is 2.74. The predicted molar refractivity (Wildman–Crippen MR) is 73.9 cm³/mol. The number of methoxy groups -OCH3 is 1. The Kier molecular flexibility index (Phi) is 3.57. The third kappa shape index (κ3) is 2.65. The molecular weight excluding hydrogens is 298 g/mol. The number of ether oxygens (including phenoxy) is 1. The number of nitrogen functional groups attached to an aromatic ring is 1. The molecule has 1 amide bonds. The van der Waals surface area contributed by atoms with Gasteiger partial charge in [0.1, 0.15) is 11.4 Å². The highest BCUT2D eigenvalue weighted by atomic mass is 79.9. The summed E-state index contributed by atoms with van der Waals surface area (Å²) in [7, 11) is 1.54. The van der Waals surface area contributed by atoms with E-state index in [9.17, 15) is 4.79 Å². The maximum atomic E-state index is 11.9. The van der Waals surface area contributed by atoms with Crippen LogP contribution in [0, 0.1) is 0 Å². The van der Waals surface area contributed by atoms with E-state index >= 15 is 0 Å². The van der Waals surface area contributed by atoms with E-state index in [-0.39, 0.29) is 5.91 Å². The Morgan fingerprint density at radius 3 is 2.78 bits per heavy atom. The van der Waals surface area contributed by atoms with E-state index in [0.717, 1.165) is 4.47 Å². The largest absolute Gasteiger partial charge is 0.495 e. The molecule has 0 aliphatic rings. The Balaban J connectivity index is 2.14. The Morgan fingerprint density at radius 2 is 2.22 bits per heavy atom. The van der Waals surface area contributed by atoms with Gasteiger partial charge in [0, 0.05) is 16.4 Å². The number of rotatable bonds is 3. The van der Waals surface area contributed by atoms with Crippen molar-refractivity contribution >= 4 is 33.2 Å². The van der Waals surface area contributed by atoms with Crippen LogP contribution in [0.5, 0.6) is 5.75 Å². The van der Waals surface area contributed by atoms with Gasteiger partial charge in [-0.1, -0.05) is 0 Å². The van der Waals surface area contributed by atoms with Crippen LogP contribution < -0.4 is 15.8 Å². The summed E-state index contributed by atoms with van der Waals surface area (Å²) in [6, 6.07) is 6.78. The van der Waals surface area contributed by atoms with E-state index in [1.807, 2.05) is 0 Å². The Labute approximate surface area is 112 Å². The van der Waals surface area contributed by atoms with Gasteiger partial charge in [-0.15, -0.1) is 0 Å². The molecule has 0 spiro atoms. The minimum atomic E-state index is -0.231. The van der Waals surface area contributed by atoms with Crippen LogP contribution in [0.1, 0.15) is 10.5 Å². The number of nitrogens with two attached hydrogens (primary N) is 1. The lowest BCUT2D eigenvalue weighted by Crippen LogP contribution is -2.12. The number of H-pyrrole nitrogens is 1. The van der Waals surface area contributed by atoms with Crippen LogP contribution in [0.15, 0.2) is 34.9 Å². The molecule has 0 bridgehead atoms. The van der Waals surface area contributed by atoms with Crippen molar-refractivity contribution in [3.05, 3.63) is 40.6 Å². The molecule has 0 saturated carbocycles. The number of anilines is 2. The number of hydrogen-bond acceptors (Lipinski definition) is 3. The molecule has 0 saturated heterocycles. The van der Waals surface area contributed by atoms with E-state index in [4.69, 9.17) is 10.5 Å². The fourth-order valence-electron chi connectivity index (χ4n) is 1.51. The number of benzene rings is 1. The van der Waals surface area contributed by atoms with Crippen molar-refractivity contribution in [2.75, 3.05) is 18.2 Å². The lowest BCUT2D eigenvalue weighted by atomic mass is 10.2. The van der Waals surface area contributed by atoms with Crippen molar-refractivity contribution in [3.63, 3.8) is 0 Å². The monoisotopic (exact) mass is 309 g/mol. The molecule has 5 nitrogen and oxygen atoms in total. The van der Waals surface area contributed by atoms with Crippen molar-refractivity contribution in [2.24, 2.45) is 0 Å². The van der Waals surface area contributed by atoms with Crippen molar-refractivity contribution in [2.45, 2.75) is 0 Å². The van der Waals surface area contributed by atoms with E-state index in [1.54, 1.807) is 37.6 Å². The Hall–Kier alpha value is -1.95. The van der Waals surface area contributed by atoms with E-state index < -0.39 is 0 Å². The summed E-state index contributed by atoms with van der Waals surface area (Å²) in [6.07, 6.45) is 1.69. The second-order valence-corrected chi connectivity index (χ2v) is 4.56. The van der Waals surface area contributed by atoms with E-state index in [2.05, 4.69) is 26.2 Å². The van der Waals surface area contributed by atoms with Crippen LogP contribution in [0.3, 0.4) is 0 Å². The van der Waals surface area contributed by atoms with Gasteiger partial charge in [0.05, 0.1) is 12.8 Å². The summed E-state index contributed by atoms with van der Waals surface area (Å²) in [4.78, 5) is 14.7. The second-order valence-electron chi connectivity index (χ2n) is 3.64. The quantitative estimate of drug-likeness (QED) is 0.762. The van der Waals surface area contributed by atoms with Crippen LogP contribution >= 0.6 is 15.9 Å². The number of aromatic nitrogens is 1. The van der Waals surface area contributed by atoms with Gasteiger partial charge in [0.25, 0.3) is 5.91 Å². The first kappa shape index (κ1) is 12.5. The molecule has 0 atom stereocenters. The number of nitrogens with one attached hydrogen (secondary N) is 2. The summed E-state index contributed by atoms with van der Waals surface area (Å²) in [6.45, 7) is 0. The fourth-order valence-corrected chi connectivity index (χ4v) is 1.85. The Bertz CT molecular complexity index is 580. The zero-order chi connectivity index (χ0) is 13.1. The van der Waals surface area contributed by atoms with Crippen LogP contribution in [-0.2, 0) is 0 Å². The first-order valence-corrected chi connectivity index (χ1v) is 5.98. The van der Waals surface area contributed by atoms with E-state index in [1.165, 1.54) is 0 Å². The molecule has 94 valence electrons. The van der Waals surface area contributed by atoms with Crippen LogP contribution in [0.2, 0.25) is 0 Å². The third-order valence-corrected chi connectivity index (χ3v) is 2.84. The maximum Gasteiger partial charge on any atom is 0.272 e.